The van der Waals surface area contributed by atoms with Gasteiger partial charge < -0.3 is 4.84 Å². The molecule has 0 aliphatic carbocycles. The minimum Gasteiger partial charge on any atom is -0.394 e. The first-order valence-corrected chi connectivity index (χ1v) is 3.73. The summed E-state index contributed by atoms with van der Waals surface area (Å²) in [6.07, 6.45) is 2.28. The average Bonchev–Trinajstić information content (AvgIpc) is 1.83. The fourth-order valence-electron chi connectivity index (χ4n) is 1.03. The molecule has 58 valence electrons. The average molecular weight is 142 g/mol. The van der Waals surface area contributed by atoms with Gasteiger partial charge in [0.15, 0.2) is 0 Å². The van der Waals surface area contributed by atoms with Crippen molar-refractivity contribution in [3.63, 3.8) is 0 Å². The zero-order valence-electron chi connectivity index (χ0n) is 6.55. The quantitative estimate of drug-likeness (QED) is 0.549. The molecule has 0 aromatic carbocycles. The Morgan fingerprint density at radius 2 is 2.50 bits per heavy atom. The molecule has 1 rings (SSSR count). The van der Waals surface area contributed by atoms with E-state index in [1.54, 1.807) is 0 Å². The first-order chi connectivity index (χ1) is 4.79. The summed E-state index contributed by atoms with van der Waals surface area (Å²) >= 11 is 0. The molecule has 3 heteroatoms. The SMILES string of the molecule is CC1=NC(C)CCCNO1. The fourth-order valence-corrected chi connectivity index (χ4v) is 1.03. The highest BCUT2D eigenvalue weighted by molar-refractivity contribution is 5.73. The molecule has 0 saturated carbocycles. The first kappa shape index (κ1) is 7.54. The van der Waals surface area contributed by atoms with Gasteiger partial charge in [0.25, 0.3) is 0 Å². The predicted octanol–water partition coefficient (Wildman–Crippen LogP) is 1.11. The zero-order chi connectivity index (χ0) is 7.40. The van der Waals surface area contributed by atoms with Gasteiger partial charge in [0.05, 0.1) is 6.04 Å². The minimum absolute atomic E-state index is 0.419. The fraction of sp³-hybridized carbons (Fsp3) is 0.857. The Balaban J connectivity index is 2.46. The lowest BCUT2D eigenvalue weighted by atomic mass is 10.2. The second kappa shape index (κ2) is 3.56. The molecular formula is C7H14N2O. The Kier molecular flexibility index (Phi) is 2.68. The predicted molar refractivity (Wildman–Crippen MR) is 40.9 cm³/mol. The Morgan fingerprint density at radius 1 is 1.70 bits per heavy atom. The van der Waals surface area contributed by atoms with E-state index in [1.165, 1.54) is 0 Å². The van der Waals surface area contributed by atoms with Crippen molar-refractivity contribution in [1.29, 1.82) is 0 Å². The molecule has 0 aromatic rings. The van der Waals surface area contributed by atoms with Gasteiger partial charge in [-0.25, -0.2) is 0 Å². The van der Waals surface area contributed by atoms with E-state index in [0.717, 1.165) is 25.3 Å². The number of nitrogens with zero attached hydrogens (tertiary/aromatic N) is 1. The molecule has 10 heavy (non-hydrogen) atoms. The van der Waals surface area contributed by atoms with Crippen molar-refractivity contribution >= 4 is 5.90 Å². The molecule has 1 N–H and O–H groups in total. The summed E-state index contributed by atoms with van der Waals surface area (Å²) < 4.78 is 0. The Bertz CT molecular complexity index is 134. The number of aliphatic imine (C=N–C) groups is 1. The lowest BCUT2D eigenvalue weighted by Crippen LogP contribution is -2.23. The molecule has 0 saturated heterocycles. The van der Waals surface area contributed by atoms with E-state index < -0.39 is 0 Å². The molecule has 0 aromatic heterocycles. The lowest BCUT2D eigenvalue weighted by Gasteiger charge is -2.13. The number of hydrogen-bond donors (Lipinski definition) is 1. The molecular weight excluding hydrogens is 128 g/mol. The molecule has 0 spiro atoms. The van der Waals surface area contributed by atoms with Crippen LogP contribution in [0.4, 0.5) is 0 Å². The Morgan fingerprint density at radius 3 is 3.30 bits per heavy atom. The summed E-state index contributed by atoms with van der Waals surface area (Å²) in [4.78, 5) is 9.32. The van der Waals surface area contributed by atoms with Crippen LogP contribution in [0.25, 0.3) is 0 Å². The Hall–Kier alpha value is -0.570. The lowest BCUT2D eigenvalue weighted by molar-refractivity contribution is 0.169. The zero-order valence-corrected chi connectivity index (χ0v) is 6.55. The van der Waals surface area contributed by atoms with Crippen LogP contribution in [-0.2, 0) is 4.84 Å². The van der Waals surface area contributed by atoms with Crippen LogP contribution in [0, 0.1) is 0 Å². The summed E-state index contributed by atoms with van der Waals surface area (Å²) in [7, 11) is 0. The van der Waals surface area contributed by atoms with E-state index in [0.29, 0.717) is 6.04 Å². The summed E-state index contributed by atoms with van der Waals surface area (Å²) in [5.74, 6) is 0.743. The van der Waals surface area contributed by atoms with Crippen molar-refractivity contribution in [2.75, 3.05) is 6.54 Å². The van der Waals surface area contributed by atoms with Crippen LogP contribution in [-0.4, -0.2) is 18.5 Å². The molecule has 1 aliphatic heterocycles. The Labute approximate surface area is 61.4 Å². The van der Waals surface area contributed by atoms with Crippen LogP contribution in [0.3, 0.4) is 0 Å². The van der Waals surface area contributed by atoms with Crippen molar-refractivity contribution in [3.8, 4) is 0 Å². The van der Waals surface area contributed by atoms with Gasteiger partial charge in [0.2, 0.25) is 5.90 Å². The third kappa shape index (κ3) is 2.35. The molecule has 0 amide bonds. The van der Waals surface area contributed by atoms with E-state index >= 15 is 0 Å². The third-order valence-electron chi connectivity index (χ3n) is 1.52. The van der Waals surface area contributed by atoms with Gasteiger partial charge in [-0.15, -0.1) is 0 Å². The number of hydroxylamine groups is 1. The number of rotatable bonds is 0. The van der Waals surface area contributed by atoms with Crippen LogP contribution in [0.5, 0.6) is 0 Å². The normalized spacial score (nSPS) is 27.8. The molecule has 0 fully saturated rings. The highest BCUT2D eigenvalue weighted by atomic mass is 16.7. The molecule has 1 heterocycles. The maximum atomic E-state index is 5.05. The maximum Gasteiger partial charge on any atom is 0.206 e. The van der Waals surface area contributed by atoms with Crippen LogP contribution in [0.1, 0.15) is 26.7 Å². The molecule has 1 atom stereocenters. The number of hydrogen-bond acceptors (Lipinski definition) is 3. The monoisotopic (exact) mass is 142 g/mol. The van der Waals surface area contributed by atoms with Gasteiger partial charge in [0.1, 0.15) is 0 Å². The van der Waals surface area contributed by atoms with Crippen molar-refractivity contribution in [3.05, 3.63) is 0 Å². The topological polar surface area (TPSA) is 33.6 Å². The van der Waals surface area contributed by atoms with Crippen molar-refractivity contribution in [2.24, 2.45) is 4.99 Å². The third-order valence-corrected chi connectivity index (χ3v) is 1.52. The van der Waals surface area contributed by atoms with Gasteiger partial charge in [-0.3, -0.25) is 4.99 Å². The van der Waals surface area contributed by atoms with Crippen LogP contribution >= 0.6 is 0 Å². The van der Waals surface area contributed by atoms with Crippen LogP contribution in [0.15, 0.2) is 4.99 Å². The molecule has 0 radical (unpaired) electrons. The van der Waals surface area contributed by atoms with Gasteiger partial charge in [0, 0.05) is 13.5 Å². The molecule has 0 bridgehead atoms. The van der Waals surface area contributed by atoms with E-state index in [2.05, 4.69) is 17.4 Å². The van der Waals surface area contributed by atoms with E-state index in [1.807, 2.05) is 6.92 Å². The highest BCUT2D eigenvalue weighted by Crippen LogP contribution is 2.03. The summed E-state index contributed by atoms with van der Waals surface area (Å²) in [6, 6.07) is 0.419. The van der Waals surface area contributed by atoms with Crippen molar-refractivity contribution in [2.45, 2.75) is 32.7 Å². The van der Waals surface area contributed by atoms with E-state index in [-0.39, 0.29) is 0 Å². The molecule has 3 nitrogen and oxygen atoms in total. The second-order valence-electron chi connectivity index (χ2n) is 2.64. The van der Waals surface area contributed by atoms with Gasteiger partial charge >= 0.3 is 0 Å². The van der Waals surface area contributed by atoms with Crippen molar-refractivity contribution in [1.82, 2.24) is 5.48 Å². The molecule has 1 aliphatic rings. The maximum absolute atomic E-state index is 5.05. The van der Waals surface area contributed by atoms with Gasteiger partial charge in [-0.1, -0.05) is 0 Å². The van der Waals surface area contributed by atoms with Gasteiger partial charge in [-0.2, -0.15) is 5.48 Å². The second-order valence-corrected chi connectivity index (χ2v) is 2.64. The van der Waals surface area contributed by atoms with Crippen LogP contribution in [0.2, 0.25) is 0 Å². The largest absolute Gasteiger partial charge is 0.394 e. The van der Waals surface area contributed by atoms with E-state index in [9.17, 15) is 0 Å². The standard InChI is InChI=1S/C7H14N2O/c1-6-4-3-5-8-10-7(2)9-6/h6,8H,3-5H2,1-2H3. The smallest absolute Gasteiger partial charge is 0.206 e. The van der Waals surface area contributed by atoms with Crippen molar-refractivity contribution < 1.29 is 4.84 Å². The van der Waals surface area contributed by atoms with Gasteiger partial charge in [-0.05, 0) is 19.8 Å². The van der Waals surface area contributed by atoms with Crippen LogP contribution < -0.4 is 5.48 Å². The summed E-state index contributed by atoms with van der Waals surface area (Å²) in [6.45, 7) is 4.91. The number of nitrogens with one attached hydrogen (secondary N) is 1. The molecule has 1 unspecified atom stereocenters. The first-order valence-electron chi connectivity index (χ1n) is 3.73. The summed E-state index contributed by atoms with van der Waals surface area (Å²) in [5.41, 5.74) is 2.83. The summed E-state index contributed by atoms with van der Waals surface area (Å²) in [5, 5.41) is 0. The highest BCUT2D eigenvalue weighted by Gasteiger charge is 2.03. The van der Waals surface area contributed by atoms with E-state index in [4.69, 9.17) is 4.84 Å². The minimum atomic E-state index is 0.419.